The van der Waals surface area contributed by atoms with Gasteiger partial charge in [-0.05, 0) is 32.3 Å². The summed E-state index contributed by atoms with van der Waals surface area (Å²) in [5.74, 6) is 0.893. The molecule has 0 saturated carbocycles. The SMILES string of the molecule is CC(C)CO[C@@H](C)C(=O)NCc1ccc(OC(C)C)nc1. The van der Waals surface area contributed by atoms with Crippen molar-refractivity contribution >= 4 is 5.91 Å². The molecule has 0 aromatic carbocycles. The van der Waals surface area contributed by atoms with E-state index in [1.807, 2.05) is 19.9 Å². The molecule has 5 heteroatoms. The Morgan fingerprint density at radius 1 is 1.24 bits per heavy atom. The maximum absolute atomic E-state index is 11.9. The molecule has 0 aliphatic heterocycles. The highest BCUT2D eigenvalue weighted by Gasteiger charge is 2.13. The summed E-state index contributed by atoms with van der Waals surface area (Å²) in [5.41, 5.74) is 0.926. The molecule has 0 radical (unpaired) electrons. The maximum atomic E-state index is 11.9. The van der Waals surface area contributed by atoms with Crippen molar-refractivity contribution in [1.29, 1.82) is 0 Å². The molecule has 0 unspecified atom stereocenters. The van der Waals surface area contributed by atoms with Crippen molar-refractivity contribution in [1.82, 2.24) is 10.3 Å². The molecule has 1 atom stereocenters. The first-order valence-electron chi connectivity index (χ1n) is 7.39. The van der Waals surface area contributed by atoms with Crippen LogP contribution in [0, 0.1) is 5.92 Å². The smallest absolute Gasteiger partial charge is 0.249 e. The summed E-state index contributed by atoms with van der Waals surface area (Å²) in [6, 6.07) is 3.70. The van der Waals surface area contributed by atoms with Crippen LogP contribution in [0.4, 0.5) is 0 Å². The molecule has 1 heterocycles. The van der Waals surface area contributed by atoms with E-state index in [0.717, 1.165) is 5.56 Å². The number of pyridine rings is 1. The normalized spacial score (nSPS) is 12.5. The molecule has 0 aliphatic rings. The van der Waals surface area contributed by atoms with Crippen molar-refractivity contribution in [3.05, 3.63) is 23.9 Å². The van der Waals surface area contributed by atoms with Gasteiger partial charge in [0, 0.05) is 25.4 Å². The minimum absolute atomic E-state index is 0.0991. The van der Waals surface area contributed by atoms with E-state index in [0.29, 0.717) is 24.9 Å². The van der Waals surface area contributed by atoms with E-state index >= 15 is 0 Å². The molecule has 1 aromatic rings. The monoisotopic (exact) mass is 294 g/mol. The lowest BCUT2D eigenvalue weighted by molar-refractivity contribution is -0.132. The van der Waals surface area contributed by atoms with Crippen molar-refractivity contribution in [2.45, 2.75) is 53.4 Å². The second-order valence-electron chi connectivity index (χ2n) is 5.76. The van der Waals surface area contributed by atoms with Gasteiger partial charge in [-0.25, -0.2) is 4.98 Å². The molecule has 1 rings (SSSR count). The zero-order valence-corrected chi connectivity index (χ0v) is 13.6. The highest BCUT2D eigenvalue weighted by Crippen LogP contribution is 2.09. The Morgan fingerprint density at radius 2 is 1.95 bits per heavy atom. The Labute approximate surface area is 127 Å². The molecule has 21 heavy (non-hydrogen) atoms. The number of rotatable bonds is 8. The second-order valence-corrected chi connectivity index (χ2v) is 5.76. The van der Waals surface area contributed by atoms with Gasteiger partial charge in [0.05, 0.1) is 6.10 Å². The molecule has 1 amide bonds. The second kappa shape index (κ2) is 8.62. The summed E-state index contributed by atoms with van der Waals surface area (Å²) in [6.45, 7) is 10.8. The van der Waals surface area contributed by atoms with Crippen LogP contribution in [0.15, 0.2) is 18.3 Å². The third-order valence-corrected chi connectivity index (χ3v) is 2.67. The van der Waals surface area contributed by atoms with Crippen LogP contribution in [0.3, 0.4) is 0 Å². The Bertz CT molecular complexity index is 430. The summed E-state index contributed by atoms with van der Waals surface area (Å²) in [4.78, 5) is 16.1. The fourth-order valence-corrected chi connectivity index (χ4v) is 1.57. The topological polar surface area (TPSA) is 60.5 Å². The zero-order chi connectivity index (χ0) is 15.8. The highest BCUT2D eigenvalue weighted by molar-refractivity contribution is 5.80. The van der Waals surface area contributed by atoms with Gasteiger partial charge in [-0.2, -0.15) is 0 Å². The number of nitrogens with one attached hydrogen (secondary N) is 1. The standard InChI is InChI=1S/C16H26N2O3/c1-11(2)10-20-13(5)16(19)18-9-14-6-7-15(17-8-14)21-12(3)4/h6-8,11-13H,9-10H2,1-5H3,(H,18,19)/t13-/m0/s1. The minimum Gasteiger partial charge on any atom is -0.475 e. The number of hydrogen-bond acceptors (Lipinski definition) is 4. The molecule has 0 bridgehead atoms. The molecule has 0 aliphatic carbocycles. The van der Waals surface area contributed by atoms with Gasteiger partial charge in [0.15, 0.2) is 0 Å². The molecule has 0 fully saturated rings. The summed E-state index contributed by atoms with van der Waals surface area (Å²) < 4.78 is 10.9. The van der Waals surface area contributed by atoms with Crippen LogP contribution in [-0.4, -0.2) is 29.7 Å². The highest BCUT2D eigenvalue weighted by atomic mass is 16.5. The lowest BCUT2D eigenvalue weighted by atomic mass is 10.2. The number of carbonyl (C=O) groups is 1. The Balaban J connectivity index is 2.38. The first kappa shape index (κ1) is 17.4. The van der Waals surface area contributed by atoms with Crippen LogP contribution >= 0.6 is 0 Å². The van der Waals surface area contributed by atoms with E-state index < -0.39 is 6.10 Å². The number of hydrogen-bond donors (Lipinski definition) is 1. The summed E-state index contributed by atoms with van der Waals surface area (Å²) >= 11 is 0. The van der Waals surface area contributed by atoms with Crippen LogP contribution in [0.2, 0.25) is 0 Å². The van der Waals surface area contributed by atoms with Crippen LogP contribution in [0.1, 0.15) is 40.2 Å². The summed E-state index contributed by atoms with van der Waals surface area (Å²) in [6.07, 6.45) is 1.36. The van der Waals surface area contributed by atoms with E-state index in [2.05, 4.69) is 24.1 Å². The van der Waals surface area contributed by atoms with Crippen molar-refractivity contribution in [3.63, 3.8) is 0 Å². The third kappa shape index (κ3) is 7.09. The number of nitrogens with zero attached hydrogens (tertiary/aromatic N) is 1. The third-order valence-electron chi connectivity index (χ3n) is 2.67. The Hall–Kier alpha value is -1.62. The summed E-state index contributed by atoms with van der Waals surface area (Å²) in [7, 11) is 0. The van der Waals surface area contributed by atoms with E-state index in [1.54, 1.807) is 19.2 Å². The lowest BCUT2D eigenvalue weighted by Gasteiger charge is -2.15. The number of amides is 1. The van der Waals surface area contributed by atoms with Crippen LogP contribution in [-0.2, 0) is 16.1 Å². The Morgan fingerprint density at radius 3 is 2.48 bits per heavy atom. The summed E-state index contributed by atoms with van der Waals surface area (Å²) in [5, 5.41) is 2.84. The predicted molar refractivity (Wildman–Crippen MR) is 82.1 cm³/mol. The fraction of sp³-hybridized carbons (Fsp3) is 0.625. The molecular formula is C16H26N2O3. The molecule has 0 saturated heterocycles. The van der Waals surface area contributed by atoms with Crippen LogP contribution in [0.5, 0.6) is 5.88 Å². The fourth-order valence-electron chi connectivity index (χ4n) is 1.57. The van der Waals surface area contributed by atoms with Crippen molar-refractivity contribution in [3.8, 4) is 5.88 Å². The van der Waals surface area contributed by atoms with E-state index in [-0.39, 0.29) is 12.0 Å². The van der Waals surface area contributed by atoms with Gasteiger partial charge in [-0.3, -0.25) is 4.79 Å². The predicted octanol–water partition coefficient (Wildman–Crippen LogP) is 2.55. The van der Waals surface area contributed by atoms with Gasteiger partial charge >= 0.3 is 0 Å². The largest absolute Gasteiger partial charge is 0.475 e. The quantitative estimate of drug-likeness (QED) is 0.800. The maximum Gasteiger partial charge on any atom is 0.249 e. The average molecular weight is 294 g/mol. The minimum atomic E-state index is -0.441. The molecular weight excluding hydrogens is 268 g/mol. The Kier molecular flexibility index (Phi) is 7.15. The van der Waals surface area contributed by atoms with Crippen LogP contribution in [0.25, 0.3) is 0 Å². The van der Waals surface area contributed by atoms with Gasteiger partial charge in [-0.15, -0.1) is 0 Å². The van der Waals surface area contributed by atoms with Crippen molar-refractivity contribution < 1.29 is 14.3 Å². The number of ether oxygens (including phenoxy) is 2. The van der Waals surface area contributed by atoms with Gasteiger partial charge < -0.3 is 14.8 Å². The molecule has 5 nitrogen and oxygen atoms in total. The van der Waals surface area contributed by atoms with Gasteiger partial charge in [0.25, 0.3) is 0 Å². The first-order chi connectivity index (χ1) is 9.88. The van der Waals surface area contributed by atoms with E-state index in [4.69, 9.17) is 9.47 Å². The van der Waals surface area contributed by atoms with E-state index in [1.165, 1.54) is 0 Å². The molecule has 118 valence electrons. The van der Waals surface area contributed by atoms with Crippen LogP contribution < -0.4 is 10.1 Å². The molecule has 1 aromatic heterocycles. The van der Waals surface area contributed by atoms with Crippen molar-refractivity contribution in [2.24, 2.45) is 5.92 Å². The number of aromatic nitrogens is 1. The lowest BCUT2D eigenvalue weighted by Crippen LogP contribution is -2.34. The van der Waals surface area contributed by atoms with Crippen molar-refractivity contribution in [2.75, 3.05) is 6.61 Å². The first-order valence-corrected chi connectivity index (χ1v) is 7.39. The molecule has 1 N–H and O–H groups in total. The number of carbonyl (C=O) groups excluding carboxylic acids is 1. The van der Waals surface area contributed by atoms with E-state index in [9.17, 15) is 4.79 Å². The average Bonchev–Trinajstić information content (AvgIpc) is 2.43. The zero-order valence-electron chi connectivity index (χ0n) is 13.6. The molecule has 0 spiro atoms. The van der Waals surface area contributed by atoms with Gasteiger partial charge in [-0.1, -0.05) is 19.9 Å². The van der Waals surface area contributed by atoms with Gasteiger partial charge in [0.2, 0.25) is 11.8 Å². The van der Waals surface area contributed by atoms with Gasteiger partial charge in [0.1, 0.15) is 6.10 Å².